The van der Waals surface area contributed by atoms with Crippen molar-refractivity contribution < 1.29 is 19.4 Å². The zero-order chi connectivity index (χ0) is 19.9. The Morgan fingerprint density at radius 3 is 2.36 bits per heavy atom. The molecule has 0 spiro atoms. The summed E-state index contributed by atoms with van der Waals surface area (Å²) in [5.41, 5.74) is 0.725. The normalized spacial score (nSPS) is 11.0. The summed E-state index contributed by atoms with van der Waals surface area (Å²) in [5.74, 6) is -0.546. The van der Waals surface area contributed by atoms with Crippen molar-refractivity contribution in [3.8, 4) is 11.5 Å². The lowest BCUT2D eigenvalue weighted by atomic mass is 10.1. The van der Waals surface area contributed by atoms with Crippen LogP contribution in [0.5, 0.6) is 11.5 Å². The van der Waals surface area contributed by atoms with Crippen LogP contribution in [-0.2, 0) is 4.79 Å². The van der Waals surface area contributed by atoms with Gasteiger partial charge in [-0.15, -0.1) is 0 Å². The molecule has 0 aliphatic heterocycles. The Kier molecular flexibility index (Phi) is 6.24. The molecular formula is C22H16BrNO4. The zero-order valence-corrected chi connectivity index (χ0v) is 16.2. The summed E-state index contributed by atoms with van der Waals surface area (Å²) in [6, 6.07) is 22.8. The maximum absolute atomic E-state index is 12.3. The van der Waals surface area contributed by atoms with Gasteiger partial charge in [-0.3, -0.25) is 4.79 Å². The van der Waals surface area contributed by atoms with E-state index >= 15 is 0 Å². The van der Waals surface area contributed by atoms with Crippen molar-refractivity contribution in [1.82, 2.24) is 5.32 Å². The number of hydrogen-bond acceptors (Lipinski definition) is 3. The second kappa shape index (κ2) is 9.01. The lowest BCUT2D eigenvalue weighted by molar-refractivity contribution is -0.132. The fourth-order valence-corrected chi connectivity index (χ4v) is 2.79. The number of aliphatic carboxylic acids is 1. The number of ether oxygens (including phenoxy) is 1. The molecule has 0 fully saturated rings. The second-order valence-corrected chi connectivity index (χ2v) is 6.64. The molecule has 0 unspecified atom stereocenters. The first-order valence-electron chi connectivity index (χ1n) is 8.37. The number of amides is 1. The fourth-order valence-electron chi connectivity index (χ4n) is 2.42. The topological polar surface area (TPSA) is 75.6 Å². The molecule has 0 heterocycles. The molecule has 3 aromatic carbocycles. The van der Waals surface area contributed by atoms with E-state index in [-0.39, 0.29) is 5.70 Å². The van der Waals surface area contributed by atoms with Crippen LogP contribution in [0.15, 0.2) is 89.0 Å². The van der Waals surface area contributed by atoms with Crippen LogP contribution in [0, 0.1) is 0 Å². The molecule has 0 saturated heterocycles. The van der Waals surface area contributed by atoms with Crippen LogP contribution in [0.25, 0.3) is 6.08 Å². The van der Waals surface area contributed by atoms with E-state index in [1.165, 1.54) is 6.08 Å². The number of hydrogen-bond donors (Lipinski definition) is 2. The van der Waals surface area contributed by atoms with Crippen molar-refractivity contribution in [1.29, 1.82) is 0 Å². The standard InChI is InChI=1S/C22H16BrNO4/c23-18-11-4-5-12-20(18)28-17-10-6-7-15(13-17)14-19(22(26)27)24-21(25)16-8-2-1-3-9-16/h1-14H,(H,24,25)(H,26,27)/b19-14-. The van der Waals surface area contributed by atoms with Gasteiger partial charge in [0.2, 0.25) is 0 Å². The van der Waals surface area contributed by atoms with Crippen LogP contribution in [0.2, 0.25) is 0 Å². The lowest BCUT2D eigenvalue weighted by Crippen LogP contribution is -2.27. The van der Waals surface area contributed by atoms with Gasteiger partial charge in [-0.05, 0) is 64.0 Å². The second-order valence-electron chi connectivity index (χ2n) is 5.79. The molecule has 3 aromatic rings. The van der Waals surface area contributed by atoms with E-state index in [2.05, 4.69) is 21.2 Å². The van der Waals surface area contributed by atoms with Gasteiger partial charge in [0.25, 0.3) is 5.91 Å². The number of para-hydroxylation sites is 1. The van der Waals surface area contributed by atoms with Crippen molar-refractivity contribution in [2.75, 3.05) is 0 Å². The average molecular weight is 438 g/mol. The van der Waals surface area contributed by atoms with Gasteiger partial charge in [0, 0.05) is 5.56 Å². The molecule has 0 bridgehead atoms. The molecule has 0 radical (unpaired) electrons. The molecule has 0 aliphatic carbocycles. The maximum Gasteiger partial charge on any atom is 0.352 e. The predicted molar refractivity (Wildman–Crippen MR) is 110 cm³/mol. The summed E-state index contributed by atoms with van der Waals surface area (Å²) in [7, 11) is 0. The van der Waals surface area contributed by atoms with Crippen molar-refractivity contribution >= 4 is 33.9 Å². The number of benzene rings is 3. The van der Waals surface area contributed by atoms with Gasteiger partial charge in [-0.25, -0.2) is 4.79 Å². The van der Waals surface area contributed by atoms with Crippen LogP contribution in [0.4, 0.5) is 0 Å². The number of halogens is 1. The van der Waals surface area contributed by atoms with Crippen LogP contribution in [-0.4, -0.2) is 17.0 Å². The van der Waals surface area contributed by atoms with Gasteiger partial charge in [-0.1, -0.05) is 42.5 Å². The highest BCUT2D eigenvalue weighted by Gasteiger charge is 2.13. The monoisotopic (exact) mass is 437 g/mol. The van der Waals surface area contributed by atoms with Crippen molar-refractivity contribution in [3.05, 3.63) is 100 Å². The largest absolute Gasteiger partial charge is 0.477 e. The minimum Gasteiger partial charge on any atom is -0.477 e. The van der Waals surface area contributed by atoms with Gasteiger partial charge in [0.05, 0.1) is 4.47 Å². The Labute approximate surface area is 170 Å². The van der Waals surface area contributed by atoms with E-state index in [0.29, 0.717) is 22.6 Å². The van der Waals surface area contributed by atoms with Gasteiger partial charge in [-0.2, -0.15) is 0 Å². The summed E-state index contributed by atoms with van der Waals surface area (Å²) >= 11 is 3.42. The third-order valence-electron chi connectivity index (χ3n) is 3.75. The molecule has 0 saturated carbocycles. The number of carboxylic acids is 1. The Morgan fingerprint density at radius 1 is 0.929 bits per heavy atom. The highest BCUT2D eigenvalue weighted by molar-refractivity contribution is 9.10. The zero-order valence-electron chi connectivity index (χ0n) is 14.6. The van der Waals surface area contributed by atoms with Crippen LogP contribution < -0.4 is 10.1 Å². The first kappa shape index (κ1) is 19.4. The van der Waals surface area contributed by atoms with Gasteiger partial charge in [0.15, 0.2) is 0 Å². The number of carbonyl (C=O) groups excluding carboxylic acids is 1. The quantitative estimate of drug-likeness (QED) is 0.526. The van der Waals surface area contributed by atoms with E-state index < -0.39 is 11.9 Å². The fraction of sp³-hybridized carbons (Fsp3) is 0. The lowest BCUT2D eigenvalue weighted by Gasteiger charge is -2.09. The predicted octanol–water partition coefficient (Wildman–Crippen LogP) is 5.10. The van der Waals surface area contributed by atoms with Crippen molar-refractivity contribution in [2.24, 2.45) is 0 Å². The smallest absolute Gasteiger partial charge is 0.352 e. The molecule has 5 nitrogen and oxygen atoms in total. The Morgan fingerprint density at radius 2 is 1.64 bits per heavy atom. The van der Waals surface area contributed by atoms with Crippen LogP contribution >= 0.6 is 15.9 Å². The molecule has 1 amide bonds. The highest BCUT2D eigenvalue weighted by Crippen LogP contribution is 2.29. The third-order valence-corrected chi connectivity index (χ3v) is 4.40. The summed E-state index contributed by atoms with van der Waals surface area (Å²) in [4.78, 5) is 23.8. The highest BCUT2D eigenvalue weighted by atomic mass is 79.9. The number of carbonyl (C=O) groups is 2. The summed E-state index contributed by atoms with van der Waals surface area (Å²) in [5, 5.41) is 11.9. The molecule has 2 N–H and O–H groups in total. The molecule has 140 valence electrons. The number of carboxylic acid groups (broad SMARTS) is 1. The molecule has 0 aromatic heterocycles. The first-order valence-corrected chi connectivity index (χ1v) is 9.16. The summed E-state index contributed by atoms with van der Waals surface area (Å²) < 4.78 is 6.63. The minimum absolute atomic E-state index is 0.230. The van der Waals surface area contributed by atoms with Crippen molar-refractivity contribution in [3.63, 3.8) is 0 Å². The van der Waals surface area contributed by atoms with Crippen molar-refractivity contribution in [2.45, 2.75) is 0 Å². The van der Waals surface area contributed by atoms with E-state index in [1.807, 2.05) is 24.3 Å². The molecule has 3 rings (SSSR count). The maximum atomic E-state index is 12.3. The Hall–Kier alpha value is -3.38. The SMILES string of the molecule is O=C(O)/C(=C/c1cccc(Oc2ccccc2Br)c1)NC(=O)c1ccccc1. The van der Waals surface area contributed by atoms with E-state index in [9.17, 15) is 14.7 Å². The van der Waals surface area contributed by atoms with Crippen LogP contribution in [0.1, 0.15) is 15.9 Å². The Balaban J connectivity index is 1.82. The van der Waals surface area contributed by atoms with Gasteiger partial charge < -0.3 is 15.2 Å². The number of rotatable bonds is 6. The number of nitrogens with one attached hydrogen (secondary N) is 1. The summed E-state index contributed by atoms with van der Waals surface area (Å²) in [6.45, 7) is 0. The molecule has 0 atom stereocenters. The summed E-state index contributed by atoms with van der Waals surface area (Å²) in [6.07, 6.45) is 1.38. The van der Waals surface area contributed by atoms with Crippen LogP contribution in [0.3, 0.4) is 0 Å². The average Bonchev–Trinajstić information content (AvgIpc) is 2.70. The minimum atomic E-state index is -1.23. The molecule has 6 heteroatoms. The first-order chi connectivity index (χ1) is 13.5. The van der Waals surface area contributed by atoms with Gasteiger partial charge in [0.1, 0.15) is 17.2 Å². The van der Waals surface area contributed by atoms with Gasteiger partial charge >= 0.3 is 5.97 Å². The Bertz CT molecular complexity index is 1030. The molecule has 28 heavy (non-hydrogen) atoms. The van der Waals surface area contributed by atoms with E-state index in [1.54, 1.807) is 54.6 Å². The third kappa shape index (κ3) is 5.08. The molecular weight excluding hydrogens is 422 g/mol. The van der Waals surface area contributed by atoms with E-state index in [4.69, 9.17) is 4.74 Å². The van der Waals surface area contributed by atoms with E-state index in [0.717, 1.165) is 4.47 Å². The molecule has 0 aliphatic rings.